The molecule has 112 valence electrons. The van der Waals surface area contributed by atoms with Crippen molar-refractivity contribution in [2.75, 3.05) is 38.3 Å². The molecule has 4 nitrogen and oxygen atoms in total. The first-order valence-corrected chi connectivity index (χ1v) is 9.64. The van der Waals surface area contributed by atoms with Gasteiger partial charge in [0.15, 0.2) is 0 Å². The summed E-state index contributed by atoms with van der Waals surface area (Å²) in [7, 11) is -3.03. The quantitative estimate of drug-likeness (QED) is 0.702. The van der Waals surface area contributed by atoms with Gasteiger partial charge in [-0.05, 0) is 31.6 Å². The number of hydrogen-bond acceptors (Lipinski definition) is 3. The van der Waals surface area contributed by atoms with Crippen LogP contribution in [0.1, 0.15) is 32.1 Å². The second kappa shape index (κ2) is 6.74. The Morgan fingerprint density at radius 2 is 2.00 bits per heavy atom. The van der Waals surface area contributed by atoms with Crippen LogP contribution in [0.25, 0.3) is 0 Å². The van der Waals surface area contributed by atoms with E-state index < -0.39 is 10.0 Å². The summed E-state index contributed by atoms with van der Waals surface area (Å²) in [6.45, 7) is 3.31. The van der Waals surface area contributed by atoms with Crippen molar-refractivity contribution in [3.05, 3.63) is 0 Å². The lowest BCUT2D eigenvalue weighted by Crippen LogP contribution is -2.48. The van der Waals surface area contributed by atoms with E-state index in [0.29, 0.717) is 30.9 Å². The zero-order chi connectivity index (χ0) is 13.9. The molecule has 1 atom stereocenters. The molecule has 2 rings (SSSR count). The van der Waals surface area contributed by atoms with Gasteiger partial charge >= 0.3 is 0 Å². The van der Waals surface area contributed by atoms with Crippen molar-refractivity contribution in [1.82, 2.24) is 9.21 Å². The molecule has 2 aliphatic rings. The highest BCUT2D eigenvalue weighted by molar-refractivity contribution is 7.88. The molecule has 0 amide bonds. The van der Waals surface area contributed by atoms with Gasteiger partial charge in [0.05, 0.1) is 6.26 Å². The standard InChI is InChI=1S/C13H25ClN2O2S/c1-19(17,18)16-8-3-4-12(11-16)10-15(9-7-14)13-5-2-6-13/h12-13H,2-11H2,1H3. The number of piperidine rings is 1. The van der Waals surface area contributed by atoms with Gasteiger partial charge in [0, 0.05) is 38.1 Å². The number of nitrogens with zero attached hydrogens (tertiary/aromatic N) is 2. The summed E-state index contributed by atoms with van der Waals surface area (Å²) >= 11 is 5.89. The van der Waals surface area contributed by atoms with E-state index in [4.69, 9.17) is 11.6 Å². The largest absolute Gasteiger partial charge is 0.299 e. The Labute approximate surface area is 122 Å². The average Bonchev–Trinajstić information content (AvgIpc) is 2.26. The van der Waals surface area contributed by atoms with Crippen molar-refractivity contribution < 1.29 is 8.42 Å². The highest BCUT2D eigenvalue weighted by atomic mass is 35.5. The molecule has 0 aromatic heterocycles. The van der Waals surface area contributed by atoms with E-state index in [2.05, 4.69) is 4.90 Å². The van der Waals surface area contributed by atoms with E-state index >= 15 is 0 Å². The highest BCUT2D eigenvalue weighted by Crippen LogP contribution is 2.27. The fraction of sp³-hybridized carbons (Fsp3) is 1.00. The van der Waals surface area contributed by atoms with Crippen LogP contribution in [-0.4, -0.2) is 62.0 Å². The molecule has 6 heteroatoms. The summed E-state index contributed by atoms with van der Waals surface area (Å²) in [6, 6.07) is 0.687. The van der Waals surface area contributed by atoms with Crippen LogP contribution in [0.5, 0.6) is 0 Å². The summed E-state index contributed by atoms with van der Waals surface area (Å²) in [4.78, 5) is 2.48. The average molecular weight is 309 g/mol. The van der Waals surface area contributed by atoms with Crippen LogP contribution in [0.15, 0.2) is 0 Å². The Bertz CT molecular complexity index is 384. The monoisotopic (exact) mass is 308 g/mol. The second-order valence-corrected chi connectivity index (χ2v) is 8.26. The SMILES string of the molecule is CS(=O)(=O)N1CCCC(CN(CCCl)C2CCC2)C1. The summed E-state index contributed by atoms with van der Waals surface area (Å²) in [5, 5.41) is 0. The summed E-state index contributed by atoms with van der Waals surface area (Å²) in [5.41, 5.74) is 0. The molecule has 0 aromatic rings. The van der Waals surface area contributed by atoms with Crippen LogP contribution in [0.2, 0.25) is 0 Å². The van der Waals surface area contributed by atoms with Gasteiger partial charge in [-0.2, -0.15) is 0 Å². The molecule has 1 saturated heterocycles. The first-order valence-electron chi connectivity index (χ1n) is 7.26. The van der Waals surface area contributed by atoms with E-state index in [-0.39, 0.29) is 0 Å². The van der Waals surface area contributed by atoms with Crippen LogP contribution < -0.4 is 0 Å². The van der Waals surface area contributed by atoms with Crippen molar-refractivity contribution in [2.45, 2.75) is 38.1 Å². The van der Waals surface area contributed by atoms with Gasteiger partial charge in [-0.3, -0.25) is 4.90 Å². The molecule has 1 aliphatic carbocycles. The molecule has 0 spiro atoms. The fourth-order valence-corrected chi connectivity index (χ4v) is 4.25. The van der Waals surface area contributed by atoms with E-state index in [0.717, 1.165) is 25.9 Å². The maximum Gasteiger partial charge on any atom is 0.211 e. The molecule has 1 unspecified atom stereocenters. The summed E-state index contributed by atoms with van der Waals surface area (Å²) in [5.74, 6) is 1.13. The molecule has 1 heterocycles. The van der Waals surface area contributed by atoms with Gasteiger partial charge in [0.2, 0.25) is 10.0 Å². The Kier molecular flexibility index (Phi) is 5.52. The molecular weight excluding hydrogens is 284 g/mol. The van der Waals surface area contributed by atoms with Crippen molar-refractivity contribution >= 4 is 21.6 Å². The zero-order valence-electron chi connectivity index (χ0n) is 11.7. The lowest BCUT2D eigenvalue weighted by atomic mass is 9.89. The van der Waals surface area contributed by atoms with E-state index in [1.807, 2.05) is 0 Å². The zero-order valence-corrected chi connectivity index (χ0v) is 13.3. The Morgan fingerprint density at radius 1 is 1.26 bits per heavy atom. The highest BCUT2D eigenvalue weighted by Gasteiger charge is 2.30. The maximum absolute atomic E-state index is 11.6. The van der Waals surface area contributed by atoms with Gasteiger partial charge < -0.3 is 0 Å². The summed E-state index contributed by atoms with van der Waals surface area (Å²) < 4.78 is 24.9. The van der Waals surface area contributed by atoms with E-state index in [1.165, 1.54) is 25.5 Å². The maximum atomic E-state index is 11.6. The predicted molar refractivity (Wildman–Crippen MR) is 79.1 cm³/mol. The number of alkyl halides is 1. The lowest BCUT2D eigenvalue weighted by molar-refractivity contribution is 0.0980. The first-order chi connectivity index (χ1) is 9.00. The molecule has 1 saturated carbocycles. The third-order valence-electron chi connectivity index (χ3n) is 4.41. The second-order valence-electron chi connectivity index (χ2n) is 5.90. The molecular formula is C13H25ClN2O2S. The minimum atomic E-state index is -3.03. The lowest BCUT2D eigenvalue weighted by Gasteiger charge is -2.41. The van der Waals surface area contributed by atoms with E-state index in [9.17, 15) is 8.42 Å². The minimum Gasteiger partial charge on any atom is -0.299 e. The van der Waals surface area contributed by atoms with Crippen molar-refractivity contribution in [2.24, 2.45) is 5.92 Å². The Hall–Kier alpha value is 0.160. The molecule has 0 N–H and O–H groups in total. The van der Waals surface area contributed by atoms with Gasteiger partial charge in [-0.25, -0.2) is 12.7 Å². The molecule has 19 heavy (non-hydrogen) atoms. The minimum absolute atomic E-state index is 0.465. The van der Waals surface area contributed by atoms with Crippen LogP contribution in [-0.2, 0) is 10.0 Å². The van der Waals surface area contributed by atoms with Crippen molar-refractivity contribution in [3.8, 4) is 0 Å². The van der Waals surface area contributed by atoms with Crippen molar-refractivity contribution in [3.63, 3.8) is 0 Å². The predicted octanol–water partition coefficient (Wildman–Crippen LogP) is 1.75. The molecule has 0 radical (unpaired) electrons. The van der Waals surface area contributed by atoms with Gasteiger partial charge in [-0.1, -0.05) is 6.42 Å². The molecule has 2 fully saturated rings. The first kappa shape index (κ1) is 15.5. The number of hydrogen-bond donors (Lipinski definition) is 0. The van der Waals surface area contributed by atoms with E-state index in [1.54, 1.807) is 4.31 Å². The third kappa shape index (κ3) is 4.31. The number of sulfonamides is 1. The molecule has 0 bridgehead atoms. The normalized spacial score (nSPS) is 26.6. The molecule has 0 aromatic carbocycles. The molecule has 1 aliphatic heterocycles. The van der Waals surface area contributed by atoms with Crippen LogP contribution in [0.3, 0.4) is 0 Å². The topological polar surface area (TPSA) is 40.6 Å². The van der Waals surface area contributed by atoms with Gasteiger partial charge in [-0.15, -0.1) is 11.6 Å². The smallest absolute Gasteiger partial charge is 0.211 e. The van der Waals surface area contributed by atoms with Crippen LogP contribution >= 0.6 is 11.6 Å². The number of rotatable bonds is 6. The Morgan fingerprint density at radius 3 is 2.53 bits per heavy atom. The van der Waals surface area contributed by atoms with Crippen LogP contribution in [0, 0.1) is 5.92 Å². The number of halogens is 1. The summed E-state index contributed by atoms with van der Waals surface area (Å²) in [6.07, 6.45) is 7.31. The van der Waals surface area contributed by atoms with Crippen molar-refractivity contribution in [1.29, 1.82) is 0 Å². The van der Waals surface area contributed by atoms with Gasteiger partial charge in [0.1, 0.15) is 0 Å². The third-order valence-corrected chi connectivity index (χ3v) is 5.84. The van der Waals surface area contributed by atoms with Crippen LogP contribution in [0.4, 0.5) is 0 Å². The Balaban J connectivity index is 1.89. The van der Waals surface area contributed by atoms with Gasteiger partial charge in [0.25, 0.3) is 0 Å². The fourth-order valence-electron chi connectivity index (χ4n) is 3.09.